The number of nitriles is 1. The van der Waals surface area contributed by atoms with Crippen molar-refractivity contribution in [2.24, 2.45) is 0 Å². The van der Waals surface area contributed by atoms with E-state index in [0.29, 0.717) is 38.0 Å². The average molecular weight is 475 g/mol. The first kappa shape index (κ1) is 22.6. The van der Waals surface area contributed by atoms with Gasteiger partial charge in [-0.3, -0.25) is 14.2 Å². The van der Waals surface area contributed by atoms with Gasteiger partial charge in [0.05, 0.1) is 33.6 Å². The molecule has 3 aromatic carbocycles. The molecule has 0 aliphatic carbocycles. The summed E-state index contributed by atoms with van der Waals surface area (Å²) in [5, 5.41) is 13.3. The van der Waals surface area contributed by atoms with Crippen molar-refractivity contribution in [2.75, 3.05) is 11.1 Å². The van der Waals surface area contributed by atoms with Crippen LogP contribution in [0.1, 0.15) is 16.7 Å². The Kier molecular flexibility index (Phi) is 6.50. The highest BCUT2D eigenvalue weighted by atomic mass is 35.5. The predicted molar refractivity (Wildman–Crippen MR) is 132 cm³/mol. The number of carbonyl (C=O) groups excluding carboxylic acids is 1. The highest BCUT2D eigenvalue weighted by Gasteiger charge is 2.17. The molecule has 0 fully saturated rings. The van der Waals surface area contributed by atoms with E-state index >= 15 is 0 Å². The molecule has 0 spiro atoms. The molecule has 1 heterocycles. The summed E-state index contributed by atoms with van der Waals surface area (Å²) in [6.45, 7) is 3.92. The quantitative estimate of drug-likeness (QED) is 0.315. The maximum Gasteiger partial charge on any atom is 0.266 e. The first-order valence-corrected chi connectivity index (χ1v) is 11.5. The van der Waals surface area contributed by atoms with Gasteiger partial charge >= 0.3 is 0 Å². The molecule has 0 radical (unpaired) electrons. The number of amides is 1. The molecule has 0 atom stereocenters. The summed E-state index contributed by atoms with van der Waals surface area (Å²) in [7, 11) is 0. The van der Waals surface area contributed by atoms with Crippen molar-refractivity contribution in [3.63, 3.8) is 0 Å². The third-order valence-corrected chi connectivity index (χ3v) is 6.45. The second-order valence-corrected chi connectivity index (χ2v) is 8.79. The highest BCUT2D eigenvalue weighted by molar-refractivity contribution is 7.99. The number of nitrogens with one attached hydrogen (secondary N) is 1. The van der Waals surface area contributed by atoms with Crippen molar-refractivity contribution in [3.8, 4) is 11.8 Å². The molecule has 0 saturated heterocycles. The molecular weight excluding hydrogens is 456 g/mol. The smallest absolute Gasteiger partial charge is 0.266 e. The molecule has 164 valence electrons. The second kappa shape index (κ2) is 9.49. The fourth-order valence-electron chi connectivity index (χ4n) is 3.43. The van der Waals surface area contributed by atoms with Crippen LogP contribution in [0.5, 0.6) is 0 Å². The van der Waals surface area contributed by atoms with Crippen LogP contribution in [0, 0.1) is 25.2 Å². The molecule has 1 N–H and O–H groups in total. The van der Waals surface area contributed by atoms with Gasteiger partial charge in [-0.1, -0.05) is 47.6 Å². The first-order chi connectivity index (χ1) is 15.9. The number of hydrogen-bond donors (Lipinski definition) is 1. The lowest BCUT2D eigenvalue weighted by atomic mass is 10.1. The summed E-state index contributed by atoms with van der Waals surface area (Å²) in [4.78, 5) is 30.8. The summed E-state index contributed by atoms with van der Waals surface area (Å²) in [5.74, 6) is -0.306. The first-order valence-electron chi connectivity index (χ1n) is 10.1. The third-order valence-electron chi connectivity index (χ3n) is 5.27. The average Bonchev–Trinajstić information content (AvgIpc) is 2.80. The monoisotopic (exact) mass is 474 g/mol. The molecule has 4 rings (SSSR count). The van der Waals surface area contributed by atoms with E-state index < -0.39 is 0 Å². The van der Waals surface area contributed by atoms with Gasteiger partial charge in [-0.15, -0.1) is 0 Å². The van der Waals surface area contributed by atoms with Crippen LogP contribution in [-0.4, -0.2) is 21.2 Å². The highest BCUT2D eigenvalue weighted by Crippen LogP contribution is 2.26. The molecule has 0 bridgehead atoms. The van der Waals surface area contributed by atoms with Crippen molar-refractivity contribution in [2.45, 2.75) is 19.0 Å². The number of anilines is 1. The number of benzene rings is 3. The number of fused-ring (bicyclic) bond motifs is 1. The lowest BCUT2D eigenvalue weighted by Gasteiger charge is -2.16. The van der Waals surface area contributed by atoms with Gasteiger partial charge in [-0.25, -0.2) is 4.98 Å². The van der Waals surface area contributed by atoms with Crippen LogP contribution in [0.4, 0.5) is 5.69 Å². The van der Waals surface area contributed by atoms with Crippen LogP contribution in [0.3, 0.4) is 0 Å². The lowest BCUT2D eigenvalue weighted by molar-refractivity contribution is -0.113. The van der Waals surface area contributed by atoms with E-state index in [1.807, 2.05) is 32.0 Å². The number of thioether (sulfide) groups is 1. The Labute approximate surface area is 199 Å². The molecule has 8 heteroatoms. The van der Waals surface area contributed by atoms with E-state index in [1.165, 1.54) is 0 Å². The van der Waals surface area contributed by atoms with Crippen molar-refractivity contribution in [3.05, 3.63) is 92.7 Å². The summed E-state index contributed by atoms with van der Waals surface area (Å²) in [5.41, 5.74) is 3.75. The zero-order valence-corrected chi connectivity index (χ0v) is 19.5. The minimum atomic E-state index is -0.310. The Morgan fingerprint density at radius 2 is 1.94 bits per heavy atom. The number of rotatable bonds is 5. The van der Waals surface area contributed by atoms with Crippen molar-refractivity contribution in [1.82, 2.24) is 9.55 Å². The van der Waals surface area contributed by atoms with Crippen molar-refractivity contribution >= 4 is 45.9 Å². The van der Waals surface area contributed by atoms with Crippen LogP contribution >= 0.6 is 23.4 Å². The van der Waals surface area contributed by atoms with E-state index in [1.54, 1.807) is 47.0 Å². The predicted octanol–water partition coefficient (Wildman–Crippen LogP) is 5.26. The largest absolute Gasteiger partial charge is 0.324 e. The normalized spacial score (nSPS) is 10.7. The number of halogens is 1. The molecular formula is C25H19ClN4O2S. The van der Waals surface area contributed by atoms with Gasteiger partial charge < -0.3 is 5.32 Å². The summed E-state index contributed by atoms with van der Waals surface area (Å²) >= 11 is 7.27. The van der Waals surface area contributed by atoms with E-state index in [4.69, 9.17) is 11.6 Å². The molecule has 0 unspecified atom stereocenters. The number of carbonyl (C=O) groups is 1. The summed E-state index contributed by atoms with van der Waals surface area (Å²) in [6.07, 6.45) is 0. The number of hydrogen-bond acceptors (Lipinski definition) is 5. The van der Waals surface area contributed by atoms with Crippen LogP contribution in [0.15, 0.2) is 70.6 Å². The van der Waals surface area contributed by atoms with Crippen molar-refractivity contribution < 1.29 is 4.79 Å². The minimum absolute atomic E-state index is 0.00311. The van der Waals surface area contributed by atoms with Crippen molar-refractivity contribution in [1.29, 1.82) is 5.26 Å². The summed E-state index contributed by atoms with van der Waals surface area (Å²) < 4.78 is 1.54. The Morgan fingerprint density at radius 1 is 1.15 bits per heavy atom. The fraction of sp³-hybridized carbons (Fsp3) is 0.120. The second-order valence-electron chi connectivity index (χ2n) is 7.41. The molecule has 1 amide bonds. The SMILES string of the molecule is Cc1cccc(-n2c(SCC(=O)Nc3ccccc3C#N)nc3cc(Cl)ccc3c2=O)c1C. The molecule has 0 saturated carbocycles. The topological polar surface area (TPSA) is 87.8 Å². The minimum Gasteiger partial charge on any atom is -0.324 e. The van der Waals surface area contributed by atoms with Crippen LogP contribution in [0.2, 0.25) is 5.02 Å². The van der Waals surface area contributed by atoms with Gasteiger partial charge in [-0.2, -0.15) is 5.26 Å². The van der Waals surface area contributed by atoms with Gasteiger partial charge in [0.25, 0.3) is 5.56 Å². The van der Waals surface area contributed by atoms with E-state index in [0.717, 1.165) is 22.9 Å². The zero-order valence-electron chi connectivity index (χ0n) is 17.9. The summed E-state index contributed by atoms with van der Waals surface area (Å²) in [6, 6.07) is 19.5. The maximum atomic E-state index is 13.5. The van der Waals surface area contributed by atoms with Crippen LogP contribution in [-0.2, 0) is 4.79 Å². The number of nitrogens with zero attached hydrogens (tertiary/aromatic N) is 3. The lowest BCUT2D eigenvalue weighted by Crippen LogP contribution is -2.24. The molecule has 0 aliphatic heterocycles. The zero-order chi connectivity index (χ0) is 23.5. The molecule has 4 aromatic rings. The third kappa shape index (κ3) is 4.63. The molecule has 1 aromatic heterocycles. The Hall–Kier alpha value is -3.60. The van der Waals surface area contributed by atoms with Gasteiger partial charge in [-0.05, 0) is 61.4 Å². The van der Waals surface area contributed by atoms with Gasteiger partial charge in [0.1, 0.15) is 6.07 Å². The Balaban J connectivity index is 1.74. The Bertz CT molecular complexity index is 1490. The van der Waals surface area contributed by atoms with E-state index in [-0.39, 0.29) is 17.2 Å². The fourth-order valence-corrected chi connectivity index (χ4v) is 4.40. The molecule has 33 heavy (non-hydrogen) atoms. The van der Waals surface area contributed by atoms with Crippen LogP contribution in [0.25, 0.3) is 16.6 Å². The number of aryl methyl sites for hydroxylation is 1. The van der Waals surface area contributed by atoms with Crippen LogP contribution < -0.4 is 10.9 Å². The number of para-hydroxylation sites is 1. The van der Waals surface area contributed by atoms with E-state index in [9.17, 15) is 14.9 Å². The van der Waals surface area contributed by atoms with E-state index in [2.05, 4.69) is 16.4 Å². The van der Waals surface area contributed by atoms with Gasteiger partial charge in [0.15, 0.2) is 5.16 Å². The Morgan fingerprint density at radius 3 is 2.73 bits per heavy atom. The molecule has 6 nitrogen and oxygen atoms in total. The standard InChI is InChI=1S/C25H19ClN4O2S/c1-15-6-5-9-22(16(15)2)30-24(32)19-11-10-18(26)12-21(19)29-25(30)33-14-23(31)28-20-8-4-3-7-17(20)13-27/h3-12H,14H2,1-2H3,(H,28,31). The van der Waals surface area contributed by atoms with Gasteiger partial charge in [0.2, 0.25) is 5.91 Å². The molecule has 0 aliphatic rings. The number of aromatic nitrogens is 2. The van der Waals surface area contributed by atoms with Gasteiger partial charge in [0, 0.05) is 5.02 Å². The maximum absolute atomic E-state index is 13.5.